The minimum absolute atomic E-state index is 0.0722. The van der Waals surface area contributed by atoms with E-state index >= 15 is 0 Å². The van der Waals surface area contributed by atoms with Crippen LogP contribution in [0.4, 0.5) is 0 Å². The Morgan fingerprint density at radius 3 is 2.43 bits per heavy atom. The molecule has 1 saturated heterocycles. The maximum Gasteiger partial charge on any atom is 0.232 e. The van der Waals surface area contributed by atoms with Crippen molar-refractivity contribution in [3.63, 3.8) is 0 Å². The second-order valence-electron chi connectivity index (χ2n) is 8.47. The van der Waals surface area contributed by atoms with Gasteiger partial charge in [-0.25, -0.2) is 8.42 Å². The van der Waals surface area contributed by atoms with Crippen molar-refractivity contribution in [2.24, 2.45) is 10.9 Å². The number of unbranched alkanes of at least 4 members (excludes halogenated alkanes) is 1. The van der Waals surface area contributed by atoms with Crippen molar-refractivity contribution in [1.82, 2.24) is 5.32 Å². The zero-order valence-electron chi connectivity index (χ0n) is 18.1. The number of hydrogen-bond donors (Lipinski definition) is 1. The molecule has 1 amide bonds. The zero-order valence-corrected chi connectivity index (χ0v) is 18.9. The number of rotatable bonds is 9. The minimum atomic E-state index is -3.22. The van der Waals surface area contributed by atoms with Gasteiger partial charge in [-0.3, -0.25) is 9.79 Å². The van der Waals surface area contributed by atoms with Crippen LogP contribution in [0.3, 0.4) is 0 Å². The van der Waals surface area contributed by atoms with Crippen molar-refractivity contribution < 1.29 is 17.9 Å². The van der Waals surface area contributed by atoms with E-state index in [2.05, 4.69) is 17.2 Å². The number of amides is 1. The van der Waals surface area contributed by atoms with Crippen molar-refractivity contribution in [3.8, 4) is 0 Å². The van der Waals surface area contributed by atoms with Crippen LogP contribution in [0.5, 0.6) is 0 Å². The molecule has 7 heteroatoms. The van der Waals surface area contributed by atoms with Crippen LogP contribution >= 0.6 is 0 Å². The molecule has 1 aromatic carbocycles. The first-order valence-electron chi connectivity index (χ1n) is 11.1. The van der Waals surface area contributed by atoms with Gasteiger partial charge in [-0.05, 0) is 69.1 Å². The lowest BCUT2D eigenvalue weighted by atomic mass is 9.84. The van der Waals surface area contributed by atoms with E-state index < -0.39 is 9.84 Å². The summed E-state index contributed by atoms with van der Waals surface area (Å²) in [4.78, 5) is 17.9. The van der Waals surface area contributed by atoms with E-state index in [9.17, 15) is 13.2 Å². The lowest BCUT2D eigenvalue weighted by Crippen LogP contribution is -2.35. The zero-order chi connectivity index (χ0) is 21.6. The summed E-state index contributed by atoms with van der Waals surface area (Å²) in [5, 5.41) is 2.73. The Hall–Kier alpha value is -1.73. The average molecular weight is 435 g/mol. The molecule has 0 bridgehead atoms. The third-order valence-electron chi connectivity index (χ3n) is 5.97. The number of nitrogens with one attached hydrogen (secondary N) is 1. The average Bonchev–Trinajstić information content (AvgIpc) is 3.59. The molecule has 0 spiro atoms. The van der Waals surface area contributed by atoms with Gasteiger partial charge < -0.3 is 10.1 Å². The first-order chi connectivity index (χ1) is 14.4. The molecule has 3 rings (SSSR count). The number of amidine groups is 1. The molecular formula is C23H34N2O4S. The van der Waals surface area contributed by atoms with E-state index in [0.717, 1.165) is 63.7 Å². The van der Waals surface area contributed by atoms with E-state index in [1.807, 2.05) is 19.1 Å². The SMILES string of the molecule is CCCCN=C(C)NC(=O)C(CC1CCOCC1)c1ccc(S(=O)(=O)C2CC2)cc1. The van der Waals surface area contributed by atoms with E-state index in [1.165, 1.54) is 0 Å². The molecule has 0 radical (unpaired) electrons. The van der Waals surface area contributed by atoms with Gasteiger partial charge in [-0.15, -0.1) is 0 Å². The number of sulfone groups is 1. The topological polar surface area (TPSA) is 84.8 Å². The number of hydrogen-bond acceptors (Lipinski definition) is 5. The second kappa shape index (κ2) is 10.5. The van der Waals surface area contributed by atoms with E-state index in [4.69, 9.17) is 4.74 Å². The Labute approximate surface area is 180 Å². The maximum atomic E-state index is 13.1. The molecule has 1 heterocycles. The fourth-order valence-electron chi connectivity index (χ4n) is 3.88. The first kappa shape index (κ1) is 22.9. The molecule has 1 aliphatic heterocycles. The van der Waals surface area contributed by atoms with Gasteiger partial charge in [-0.1, -0.05) is 25.5 Å². The summed E-state index contributed by atoms with van der Waals surface area (Å²) in [6.45, 7) is 6.11. The summed E-state index contributed by atoms with van der Waals surface area (Å²) in [5.74, 6) is 0.652. The molecule has 2 fully saturated rings. The third kappa shape index (κ3) is 6.14. The number of carbonyl (C=O) groups is 1. The van der Waals surface area contributed by atoms with Crippen LogP contribution < -0.4 is 5.32 Å². The molecule has 30 heavy (non-hydrogen) atoms. The summed E-state index contributed by atoms with van der Waals surface area (Å²) < 4.78 is 30.4. The lowest BCUT2D eigenvalue weighted by molar-refractivity contribution is -0.121. The van der Waals surface area contributed by atoms with Crippen LogP contribution in [0.15, 0.2) is 34.2 Å². The predicted molar refractivity (Wildman–Crippen MR) is 119 cm³/mol. The summed E-state index contributed by atoms with van der Waals surface area (Å²) in [7, 11) is -3.22. The number of benzene rings is 1. The highest BCUT2D eigenvalue weighted by Gasteiger charge is 2.37. The van der Waals surface area contributed by atoms with Crippen LogP contribution in [-0.2, 0) is 19.4 Å². The maximum absolute atomic E-state index is 13.1. The van der Waals surface area contributed by atoms with Crippen molar-refractivity contribution in [2.75, 3.05) is 19.8 Å². The molecule has 1 atom stereocenters. The van der Waals surface area contributed by atoms with Gasteiger partial charge in [0.05, 0.1) is 21.9 Å². The number of ether oxygens (including phenoxy) is 1. The monoisotopic (exact) mass is 434 g/mol. The number of carbonyl (C=O) groups excluding carboxylic acids is 1. The highest BCUT2D eigenvalue weighted by Crippen LogP contribution is 2.35. The third-order valence-corrected chi connectivity index (χ3v) is 8.24. The fourth-order valence-corrected chi connectivity index (χ4v) is 5.54. The smallest absolute Gasteiger partial charge is 0.232 e. The molecular weight excluding hydrogens is 400 g/mol. The molecule has 1 N–H and O–H groups in total. The van der Waals surface area contributed by atoms with Gasteiger partial charge in [0.2, 0.25) is 5.91 Å². The Morgan fingerprint density at radius 1 is 1.17 bits per heavy atom. The quantitative estimate of drug-likeness (QED) is 0.363. The molecule has 1 saturated carbocycles. The van der Waals surface area contributed by atoms with Crippen molar-refractivity contribution >= 4 is 21.6 Å². The van der Waals surface area contributed by atoms with Gasteiger partial charge in [0, 0.05) is 19.8 Å². The molecule has 1 unspecified atom stereocenters. The van der Waals surface area contributed by atoms with E-state index in [1.54, 1.807) is 12.1 Å². The van der Waals surface area contributed by atoms with Gasteiger partial charge in [0.1, 0.15) is 0 Å². The standard InChI is InChI=1S/C23H34N2O4S/c1-3-4-13-24-17(2)25-23(26)22(16-18-11-14-29-15-12-18)19-5-7-20(8-6-19)30(27,28)21-9-10-21/h5-8,18,21-22H,3-4,9-16H2,1-2H3,(H,24,25,26). The van der Waals surface area contributed by atoms with Crippen molar-refractivity contribution in [1.29, 1.82) is 0 Å². The van der Waals surface area contributed by atoms with E-state index in [0.29, 0.717) is 23.2 Å². The summed E-state index contributed by atoms with van der Waals surface area (Å²) in [5.41, 5.74) is 0.857. The summed E-state index contributed by atoms with van der Waals surface area (Å²) >= 11 is 0. The van der Waals surface area contributed by atoms with Gasteiger partial charge in [-0.2, -0.15) is 0 Å². The number of aliphatic imine (C=N–C) groups is 1. The molecule has 1 aliphatic carbocycles. The Morgan fingerprint density at radius 2 is 1.83 bits per heavy atom. The Kier molecular flexibility index (Phi) is 8.06. The summed E-state index contributed by atoms with van der Waals surface area (Å²) in [6, 6.07) is 6.94. The molecule has 2 aliphatic rings. The summed E-state index contributed by atoms with van der Waals surface area (Å²) in [6.07, 6.45) is 6.17. The minimum Gasteiger partial charge on any atom is -0.381 e. The molecule has 6 nitrogen and oxygen atoms in total. The van der Waals surface area contributed by atoms with E-state index in [-0.39, 0.29) is 17.1 Å². The van der Waals surface area contributed by atoms with Gasteiger partial charge >= 0.3 is 0 Å². The van der Waals surface area contributed by atoms with Crippen LogP contribution in [0.1, 0.15) is 70.3 Å². The van der Waals surface area contributed by atoms with Crippen molar-refractivity contribution in [3.05, 3.63) is 29.8 Å². The largest absolute Gasteiger partial charge is 0.381 e. The first-order valence-corrected chi connectivity index (χ1v) is 12.7. The highest BCUT2D eigenvalue weighted by molar-refractivity contribution is 7.92. The Balaban J connectivity index is 1.76. The molecule has 1 aromatic rings. The second-order valence-corrected chi connectivity index (χ2v) is 10.7. The van der Waals surface area contributed by atoms with Crippen LogP contribution in [0, 0.1) is 5.92 Å². The van der Waals surface area contributed by atoms with Crippen LogP contribution in [0.25, 0.3) is 0 Å². The van der Waals surface area contributed by atoms with Crippen LogP contribution in [0.2, 0.25) is 0 Å². The van der Waals surface area contributed by atoms with Crippen LogP contribution in [-0.4, -0.2) is 45.2 Å². The highest BCUT2D eigenvalue weighted by atomic mass is 32.2. The van der Waals surface area contributed by atoms with Crippen molar-refractivity contribution in [2.45, 2.75) is 74.9 Å². The molecule has 0 aromatic heterocycles. The Bertz CT molecular complexity index is 838. The molecule has 166 valence electrons. The predicted octanol–water partition coefficient (Wildman–Crippen LogP) is 3.86. The normalized spacial score (nSPS) is 19.5. The fraction of sp³-hybridized carbons (Fsp3) is 0.652. The van der Waals surface area contributed by atoms with Gasteiger partial charge in [0.25, 0.3) is 0 Å². The van der Waals surface area contributed by atoms with Gasteiger partial charge in [0.15, 0.2) is 9.84 Å². The number of nitrogens with zero attached hydrogens (tertiary/aromatic N) is 1. The lowest BCUT2D eigenvalue weighted by Gasteiger charge is -2.26.